The van der Waals surface area contributed by atoms with E-state index >= 15 is 0 Å². The van der Waals surface area contributed by atoms with Crippen LogP contribution < -0.4 is 45.5 Å². The molecule has 0 saturated carbocycles. The molecule has 0 aromatic heterocycles. The molecule has 0 unspecified atom stereocenters. The van der Waals surface area contributed by atoms with E-state index < -0.39 is 70.0 Å². The van der Waals surface area contributed by atoms with E-state index in [1.165, 1.54) is 5.43 Å². The normalized spacial score (nSPS) is 12.8. The molecule has 158 valence electrons. The summed E-state index contributed by atoms with van der Waals surface area (Å²) in [6.45, 7) is 0. The van der Waals surface area contributed by atoms with Crippen molar-refractivity contribution >= 4 is 29.2 Å². The van der Waals surface area contributed by atoms with Gasteiger partial charge in [0.05, 0.1) is 16.3 Å². The topological polar surface area (TPSA) is 81.3 Å². The second kappa shape index (κ2) is 8.73. The first-order valence-corrected chi connectivity index (χ1v) is 6.72. The zero-order valence-electron chi connectivity index (χ0n) is 13.5. The predicted molar refractivity (Wildman–Crippen MR) is 68.1 cm³/mol. The first-order chi connectivity index (χ1) is 12.3. The molecule has 0 saturated heterocycles. The number of nitrogens with one attached hydrogen (secondary N) is 2. The number of hydrazine groups is 1. The van der Waals surface area contributed by atoms with Gasteiger partial charge in [-0.1, -0.05) is 11.6 Å². The van der Waals surface area contributed by atoms with Gasteiger partial charge in [-0.25, -0.2) is 4.39 Å². The number of carboxylic acids is 1. The number of carboxylic acid groups (broad SMARTS) is 1. The minimum Gasteiger partial charge on any atom is -0.540 e. The largest absolute Gasteiger partial charge is 1.00 e. The monoisotopic (exact) mass is 472 g/mol. The van der Waals surface area contributed by atoms with E-state index in [9.17, 15) is 58.6 Å². The predicted octanol–water partition coefficient (Wildman–Crippen LogP) is -0.155. The number of benzene rings is 1. The molecular weight excluding hydrogens is 469 g/mol. The van der Waals surface area contributed by atoms with Crippen LogP contribution in [0.15, 0.2) is 12.1 Å². The number of carbonyl (C=O) groups is 2. The van der Waals surface area contributed by atoms with E-state index in [-0.39, 0.29) is 29.6 Å². The summed E-state index contributed by atoms with van der Waals surface area (Å²) in [5.74, 6) is -4.51. The molecule has 1 aromatic rings. The maximum atomic E-state index is 14.0. The van der Waals surface area contributed by atoms with Gasteiger partial charge in [0, 0.05) is 5.56 Å². The number of anilines is 1. The van der Waals surface area contributed by atoms with E-state index in [4.69, 9.17) is 11.6 Å². The smallest absolute Gasteiger partial charge is 0.540 e. The van der Waals surface area contributed by atoms with Crippen molar-refractivity contribution in [3.8, 4) is 0 Å². The Kier molecular flexibility index (Phi) is 8.30. The quantitative estimate of drug-likeness (QED) is 0.277. The summed E-state index contributed by atoms with van der Waals surface area (Å²) in [5, 5.41) is 8.63. The number of carbonyl (C=O) groups excluding carboxylic acids is 2. The van der Waals surface area contributed by atoms with Gasteiger partial charge in [0.25, 0.3) is 5.91 Å². The first kappa shape index (κ1) is 27.5. The van der Waals surface area contributed by atoms with E-state index in [2.05, 4.69) is 0 Å². The van der Waals surface area contributed by atoms with Crippen molar-refractivity contribution in [3.63, 3.8) is 0 Å². The number of hydrogen-bond acceptors (Lipinski definition) is 4. The van der Waals surface area contributed by atoms with Gasteiger partial charge in [0.15, 0.2) is 0 Å². The standard InChI is InChI=1S/C12H5ClF10N2O3.Na/c13-5-2-3(9(14,11(18,19)20)12(21,22)23)1-4(10(15,16)17)6(5)24-25-7(26)8(27)28;/h1-2,24H,(H,25,26)(H,27,28);/q;+1/p-1. The molecule has 0 spiro atoms. The molecule has 0 atom stereocenters. The van der Waals surface area contributed by atoms with Crippen LogP contribution in [0.1, 0.15) is 11.1 Å². The second-order valence-corrected chi connectivity index (χ2v) is 5.31. The van der Waals surface area contributed by atoms with Crippen molar-refractivity contribution < 1.29 is 88.2 Å². The molecular formula is C12H4ClF10N2NaO3. The molecule has 0 fully saturated rings. The Balaban J connectivity index is 0.00000784. The minimum absolute atomic E-state index is 0. The Bertz CT molecular complexity index is 780. The third-order valence-electron chi connectivity index (χ3n) is 3.06. The maximum Gasteiger partial charge on any atom is 1.00 e. The van der Waals surface area contributed by atoms with Crippen molar-refractivity contribution in [1.82, 2.24) is 5.43 Å². The van der Waals surface area contributed by atoms with Gasteiger partial charge in [-0.15, -0.1) is 0 Å². The van der Waals surface area contributed by atoms with Crippen LogP contribution in [0, 0.1) is 0 Å². The van der Waals surface area contributed by atoms with E-state index in [0.29, 0.717) is 0 Å². The third-order valence-corrected chi connectivity index (χ3v) is 3.36. The van der Waals surface area contributed by atoms with Gasteiger partial charge >= 0.3 is 53.8 Å². The van der Waals surface area contributed by atoms with E-state index in [0.717, 1.165) is 5.43 Å². The summed E-state index contributed by atoms with van der Waals surface area (Å²) in [6, 6.07) is -1.24. The van der Waals surface area contributed by atoms with E-state index in [1.807, 2.05) is 0 Å². The fourth-order valence-corrected chi connectivity index (χ4v) is 2.08. The van der Waals surface area contributed by atoms with Gasteiger partial charge in [0.2, 0.25) is 0 Å². The first-order valence-electron chi connectivity index (χ1n) is 6.35. The molecule has 0 aliphatic carbocycles. The zero-order chi connectivity index (χ0) is 22.3. The Morgan fingerprint density at radius 3 is 1.69 bits per heavy atom. The van der Waals surface area contributed by atoms with Crippen LogP contribution in [0.4, 0.5) is 49.6 Å². The zero-order valence-corrected chi connectivity index (χ0v) is 16.3. The summed E-state index contributed by atoms with van der Waals surface area (Å²) in [6.07, 6.45) is -19.1. The van der Waals surface area contributed by atoms with Gasteiger partial charge in [0.1, 0.15) is 5.97 Å². The molecule has 5 nitrogen and oxygen atoms in total. The van der Waals surface area contributed by atoms with Crippen molar-refractivity contribution in [3.05, 3.63) is 28.3 Å². The molecule has 0 aliphatic rings. The molecule has 0 radical (unpaired) electrons. The summed E-state index contributed by atoms with van der Waals surface area (Å²) in [4.78, 5) is 20.9. The third kappa shape index (κ3) is 5.58. The molecule has 1 rings (SSSR count). The van der Waals surface area contributed by atoms with Gasteiger partial charge in [-0.3, -0.25) is 15.6 Å². The van der Waals surface area contributed by atoms with Crippen LogP contribution in [0.2, 0.25) is 5.02 Å². The Morgan fingerprint density at radius 1 is 0.897 bits per heavy atom. The average Bonchev–Trinajstić information content (AvgIpc) is 2.48. The van der Waals surface area contributed by atoms with Crippen LogP contribution in [-0.4, -0.2) is 24.2 Å². The van der Waals surface area contributed by atoms with Crippen molar-refractivity contribution in [2.24, 2.45) is 0 Å². The fourth-order valence-electron chi connectivity index (χ4n) is 1.81. The molecule has 0 aliphatic heterocycles. The molecule has 0 heterocycles. The van der Waals surface area contributed by atoms with Crippen molar-refractivity contribution in [2.75, 3.05) is 5.43 Å². The average molecular weight is 473 g/mol. The molecule has 29 heavy (non-hydrogen) atoms. The summed E-state index contributed by atoms with van der Waals surface area (Å²) in [7, 11) is 0. The number of aliphatic carboxylic acids is 1. The molecule has 0 bridgehead atoms. The molecule has 17 heteroatoms. The summed E-state index contributed by atoms with van der Waals surface area (Å²) in [5.41, 5.74) is -10.3. The van der Waals surface area contributed by atoms with Crippen LogP contribution in [0.3, 0.4) is 0 Å². The fraction of sp³-hybridized carbons (Fsp3) is 0.333. The maximum absolute atomic E-state index is 14.0. The van der Waals surface area contributed by atoms with Crippen LogP contribution in [0.25, 0.3) is 0 Å². The Hall–Kier alpha value is -1.45. The van der Waals surface area contributed by atoms with E-state index in [1.54, 1.807) is 0 Å². The van der Waals surface area contributed by atoms with Crippen LogP contribution in [-0.2, 0) is 21.4 Å². The Labute approximate surface area is 180 Å². The van der Waals surface area contributed by atoms with Gasteiger partial charge in [-0.2, -0.15) is 39.5 Å². The number of alkyl halides is 10. The van der Waals surface area contributed by atoms with Gasteiger partial charge in [-0.05, 0) is 12.1 Å². The number of amides is 1. The van der Waals surface area contributed by atoms with Gasteiger partial charge < -0.3 is 9.90 Å². The Morgan fingerprint density at radius 2 is 1.34 bits per heavy atom. The SMILES string of the molecule is O=C([O-])C(=O)NNc1c(Cl)cc(C(F)(C(F)(F)F)C(F)(F)F)cc1C(F)(F)F.[Na+]. The summed E-state index contributed by atoms with van der Waals surface area (Å²) < 4.78 is 129. The molecule has 2 N–H and O–H groups in total. The minimum atomic E-state index is -6.71. The molecule has 1 amide bonds. The van der Waals surface area contributed by atoms with Crippen LogP contribution >= 0.6 is 11.6 Å². The number of hydrogen-bond donors (Lipinski definition) is 2. The summed E-state index contributed by atoms with van der Waals surface area (Å²) >= 11 is 5.23. The van der Waals surface area contributed by atoms with Crippen LogP contribution in [0.5, 0.6) is 0 Å². The molecule has 1 aromatic carbocycles. The number of halogens is 11. The number of rotatable bonds is 3. The van der Waals surface area contributed by atoms with Crippen molar-refractivity contribution in [2.45, 2.75) is 24.2 Å². The van der Waals surface area contributed by atoms with Crippen molar-refractivity contribution in [1.29, 1.82) is 0 Å². The second-order valence-electron chi connectivity index (χ2n) is 4.90.